The van der Waals surface area contributed by atoms with E-state index in [-0.39, 0.29) is 0 Å². The molecular formula is C9H19NO. The molecule has 0 N–H and O–H groups in total. The van der Waals surface area contributed by atoms with Gasteiger partial charge in [-0.05, 0) is 32.5 Å². The van der Waals surface area contributed by atoms with Crippen LogP contribution in [0.2, 0.25) is 0 Å². The summed E-state index contributed by atoms with van der Waals surface area (Å²) in [6, 6.07) is 0. The van der Waals surface area contributed by atoms with Gasteiger partial charge in [-0.3, -0.25) is 0 Å². The van der Waals surface area contributed by atoms with Crippen molar-refractivity contribution in [3.8, 4) is 0 Å². The van der Waals surface area contributed by atoms with Crippen LogP contribution in [0.25, 0.3) is 0 Å². The van der Waals surface area contributed by atoms with E-state index in [0.717, 1.165) is 6.29 Å². The fraction of sp³-hybridized carbons (Fsp3) is 0.889. The van der Waals surface area contributed by atoms with E-state index < -0.39 is 0 Å². The number of rotatable bonds is 2. The highest BCUT2D eigenvalue weighted by Gasteiger charge is 2.06. The average Bonchev–Trinajstić information content (AvgIpc) is 2.56. The summed E-state index contributed by atoms with van der Waals surface area (Å²) in [6.45, 7) is 7.98. The number of carbonyl (C=O) groups excluding carboxylic acids is 1. The second kappa shape index (κ2) is 7.73. The molecule has 2 nitrogen and oxygen atoms in total. The third-order valence-electron chi connectivity index (χ3n) is 1.81. The zero-order chi connectivity index (χ0) is 8.53. The van der Waals surface area contributed by atoms with Crippen LogP contribution in [0.15, 0.2) is 0 Å². The molecule has 1 fully saturated rings. The summed E-state index contributed by atoms with van der Waals surface area (Å²) in [5.41, 5.74) is 0. The maximum Gasteiger partial charge on any atom is 0.119 e. The van der Waals surface area contributed by atoms with Crippen LogP contribution in [0.5, 0.6) is 0 Å². The first-order chi connectivity index (χ1) is 5.35. The van der Waals surface area contributed by atoms with Gasteiger partial charge >= 0.3 is 0 Å². The van der Waals surface area contributed by atoms with Gasteiger partial charge in [0, 0.05) is 6.42 Å². The summed E-state index contributed by atoms with van der Waals surface area (Å²) in [4.78, 5) is 11.7. The number of hydrogen-bond donors (Lipinski definition) is 0. The van der Waals surface area contributed by atoms with Gasteiger partial charge in [-0.25, -0.2) is 0 Å². The Kier molecular flexibility index (Phi) is 7.47. The van der Waals surface area contributed by atoms with Crippen LogP contribution >= 0.6 is 0 Å². The minimum atomic E-state index is 0.639. The van der Waals surface area contributed by atoms with Crippen molar-refractivity contribution in [2.45, 2.75) is 33.1 Å². The van der Waals surface area contributed by atoms with Gasteiger partial charge in [-0.15, -0.1) is 0 Å². The summed E-state index contributed by atoms with van der Waals surface area (Å²) in [6.07, 6.45) is 4.36. The number of carbonyl (C=O) groups is 1. The fourth-order valence-electron chi connectivity index (χ4n) is 1.10. The maximum atomic E-state index is 9.17. The Balaban J connectivity index is 0.000000218. The van der Waals surface area contributed by atoms with E-state index in [0.29, 0.717) is 6.42 Å². The summed E-state index contributed by atoms with van der Waals surface area (Å²) < 4.78 is 0. The molecule has 1 aliphatic rings. The first-order valence-electron chi connectivity index (χ1n) is 4.51. The van der Waals surface area contributed by atoms with Crippen LogP contribution in [0.3, 0.4) is 0 Å². The van der Waals surface area contributed by atoms with Crippen LogP contribution in [0.1, 0.15) is 33.1 Å². The molecule has 0 atom stereocenters. The van der Waals surface area contributed by atoms with E-state index in [4.69, 9.17) is 0 Å². The van der Waals surface area contributed by atoms with Gasteiger partial charge in [-0.1, -0.05) is 13.8 Å². The SMILES string of the molecule is CCC=O.CCN1CCCC1. The highest BCUT2D eigenvalue weighted by molar-refractivity contribution is 5.48. The molecule has 0 aliphatic carbocycles. The Hall–Kier alpha value is -0.370. The van der Waals surface area contributed by atoms with Crippen LogP contribution in [0.4, 0.5) is 0 Å². The lowest BCUT2D eigenvalue weighted by atomic mass is 10.4. The zero-order valence-electron chi connectivity index (χ0n) is 7.68. The molecule has 1 aliphatic heterocycles. The third kappa shape index (κ3) is 6.05. The van der Waals surface area contributed by atoms with Gasteiger partial charge in [-0.2, -0.15) is 0 Å². The van der Waals surface area contributed by atoms with Crippen LogP contribution in [0, 0.1) is 0 Å². The molecule has 1 heterocycles. The number of hydrogen-bond acceptors (Lipinski definition) is 2. The van der Waals surface area contributed by atoms with Crippen LogP contribution < -0.4 is 0 Å². The first kappa shape index (κ1) is 10.6. The molecule has 0 saturated carbocycles. The molecule has 2 heteroatoms. The van der Waals surface area contributed by atoms with Gasteiger partial charge in [0.25, 0.3) is 0 Å². The molecule has 0 radical (unpaired) electrons. The molecule has 0 amide bonds. The fourth-order valence-corrected chi connectivity index (χ4v) is 1.10. The Labute approximate surface area is 69.6 Å². The van der Waals surface area contributed by atoms with E-state index in [1.807, 2.05) is 6.92 Å². The summed E-state index contributed by atoms with van der Waals surface area (Å²) in [5.74, 6) is 0. The predicted octanol–water partition coefficient (Wildman–Crippen LogP) is 1.70. The third-order valence-corrected chi connectivity index (χ3v) is 1.81. The monoisotopic (exact) mass is 157 g/mol. The van der Waals surface area contributed by atoms with E-state index in [2.05, 4.69) is 11.8 Å². The Morgan fingerprint density at radius 3 is 1.91 bits per heavy atom. The molecule has 1 rings (SSSR count). The predicted molar refractivity (Wildman–Crippen MR) is 47.7 cm³/mol. The highest BCUT2D eigenvalue weighted by atomic mass is 16.1. The maximum absolute atomic E-state index is 9.17. The van der Waals surface area contributed by atoms with Crippen LogP contribution in [-0.2, 0) is 4.79 Å². The minimum absolute atomic E-state index is 0.639. The zero-order valence-corrected chi connectivity index (χ0v) is 7.68. The number of likely N-dealkylation sites (tertiary alicyclic amines) is 1. The van der Waals surface area contributed by atoms with E-state index >= 15 is 0 Å². The Bertz CT molecular complexity index is 87.6. The van der Waals surface area contributed by atoms with E-state index in [1.54, 1.807) is 0 Å². The van der Waals surface area contributed by atoms with Crippen molar-refractivity contribution < 1.29 is 4.79 Å². The van der Waals surface area contributed by atoms with E-state index in [1.165, 1.54) is 32.5 Å². The second-order valence-corrected chi connectivity index (χ2v) is 2.72. The molecule has 0 aromatic rings. The molecule has 1 saturated heterocycles. The lowest BCUT2D eigenvalue weighted by molar-refractivity contribution is -0.107. The molecule has 0 aromatic carbocycles. The summed E-state index contributed by atoms with van der Waals surface area (Å²) >= 11 is 0. The first-order valence-corrected chi connectivity index (χ1v) is 4.51. The van der Waals surface area contributed by atoms with Crippen molar-refractivity contribution in [3.05, 3.63) is 0 Å². The summed E-state index contributed by atoms with van der Waals surface area (Å²) in [7, 11) is 0. The summed E-state index contributed by atoms with van der Waals surface area (Å²) in [5, 5.41) is 0. The molecular weight excluding hydrogens is 138 g/mol. The minimum Gasteiger partial charge on any atom is -0.304 e. The standard InChI is InChI=1S/C6H13N.C3H6O/c1-2-7-5-3-4-6-7;1-2-3-4/h2-6H2,1H3;3H,2H2,1H3. The second-order valence-electron chi connectivity index (χ2n) is 2.72. The van der Waals surface area contributed by atoms with Gasteiger partial charge in [0.2, 0.25) is 0 Å². The van der Waals surface area contributed by atoms with Crippen molar-refractivity contribution in [2.75, 3.05) is 19.6 Å². The molecule has 0 unspecified atom stereocenters. The van der Waals surface area contributed by atoms with Gasteiger partial charge in [0.1, 0.15) is 6.29 Å². The molecule has 0 spiro atoms. The lowest BCUT2D eigenvalue weighted by Gasteiger charge is -2.08. The molecule has 0 bridgehead atoms. The lowest BCUT2D eigenvalue weighted by Crippen LogP contribution is -2.17. The largest absolute Gasteiger partial charge is 0.304 e. The van der Waals surface area contributed by atoms with Crippen molar-refractivity contribution in [1.29, 1.82) is 0 Å². The van der Waals surface area contributed by atoms with Crippen LogP contribution in [-0.4, -0.2) is 30.8 Å². The number of aldehydes is 1. The van der Waals surface area contributed by atoms with Gasteiger partial charge in [0.05, 0.1) is 0 Å². The normalized spacial score (nSPS) is 17.3. The Morgan fingerprint density at radius 1 is 1.27 bits per heavy atom. The van der Waals surface area contributed by atoms with Gasteiger partial charge in [0.15, 0.2) is 0 Å². The molecule has 11 heavy (non-hydrogen) atoms. The highest BCUT2D eigenvalue weighted by Crippen LogP contribution is 2.04. The van der Waals surface area contributed by atoms with Crippen molar-refractivity contribution in [1.82, 2.24) is 4.90 Å². The topological polar surface area (TPSA) is 20.3 Å². The van der Waals surface area contributed by atoms with Crippen molar-refractivity contribution in [3.63, 3.8) is 0 Å². The smallest absolute Gasteiger partial charge is 0.119 e. The molecule has 66 valence electrons. The average molecular weight is 157 g/mol. The number of nitrogens with zero attached hydrogens (tertiary/aromatic N) is 1. The quantitative estimate of drug-likeness (QED) is 0.569. The molecule has 0 aromatic heterocycles. The van der Waals surface area contributed by atoms with E-state index in [9.17, 15) is 4.79 Å². The Morgan fingerprint density at radius 2 is 1.73 bits per heavy atom. The van der Waals surface area contributed by atoms with Gasteiger partial charge < -0.3 is 9.69 Å². The van der Waals surface area contributed by atoms with Crippen molar-refractivity contribution in [2.24, 2.45) is 0 Å². The van der Waals surface area contributed by atoms with Crippen molar-refractivity contribution >= 4 is 6.29 Å².